The summed E-state index contributed by atoms with van der Waals surface area (Å²) in [4.78, 5) is 29.9. The number of alkyl halides is 2. The summed E-state index contributed by atoms with van der Waals surface area (Å²) >= 11 is 0. The van der Waals surface area contributed by atoms with E-state index < -0.39 is 35.3 Å². The van der Waals surface area contributed by atoms with Crippen LogP contribution in [-0.4, -0.2) is 35.7 Å². The Morgan fingerprint density at radius 3 is 2.50 bits per heavy atom. The number of amides is 1. The largest absolute Gasteiger partial charge is 0.399 e. The zero-order valence-corrected chi connectivity index (χ0v) is 19.4. The summed E-state index contributed by atoms with van der Waals surface area (Å²) in [6.07, 6.45) is 1.42. The molecule has 186 valence electrons. The molecule has 0 fully saturated rings. The van der Waals surface area contributed by atoms with Gasteiger partial charge in [0.15, 0.2) is 0 Å². The van der Waals surface area contributed by atoms with Crippen LogP contribution in [0.25, 0.3) is 16.9 Å². The zero-order chi connectivity index (χ0) is 26.1. The molecule has 4 rings (SSSR count). The van der Waals surface area contributed by atoms with Crippen molar-refractivity contribution in [3.63, 3.8) is 0 Å². The average Bonchev–Trinajstić information content (AvgIpc) is 3.27. The molecule has 0 saturated carbocycles. The summed E-state index contributed by atoms with van der Waals surface area (Å²) in [5, 5.41) is 14.4. The Morgan fingerprint density at radius 2 is 1.83 bits per heavy atom. The first-order valence-corrected chi connectivity index (χ1v) is 10.7. The van der Waals surface area contributed by atoms with Gasteiger partial charge in [-0.3, -0.25) is 14.6 Å². The van der Waals surface area contributed by atoms with Crippen LogP contribution in [0.4, 0.5) is 18.9 Å². The van der Waals surface area contributed by atoms with Gasteiger partial charge in [-0.2, -0.15) is 9.78 Å². The van der Waals surface area contributed by atoms with Crippen molar-refractivity contribution in [3.8, 4) is 16.9 Å². The maximum Gasteiger partial charge on any atom is 0.274 e. The molecule has 10 nitrogen and oxygen atoms in total. The second-order valence-electron chi connectivity index (χ2n) is 8.11. The van der Waals surface area contributed by atoms with Gasteiger partial charge in [-0.1, -0.05) is 5.21 Å². The van der Waals surface area contributed by atoms with Crippen molar-refractivity contribution in [2.75, 3.05) is 5.73 Å². The number of benzene rings is 1. The van der Waals surface area contributed by atoms with Crippen LogP contribution in [0.2, 0.25) is 0 Å². The number of nitrogens with two attached hydrogens (primary N) is 1. The zero-order valence-electron chi connectivity index (χ0n) is 19.4. The molecule has 0 unspecified atom stereocenters. The highest BCUT2D eigenvalue weighted by Gasteiger charge is 2.23. The maximum absolute atomic E-state index is 14.6. The molecule has 0 aliphatic heterocycles. The highest BCUT2D eigenvalue weighted by atomic mass is 19.3. The van der Waals surface area contributed by atoms with Gasteiger partial charge >= 0.3 is 0 Å². The Labute approximate surface area is 202 Å². The van der Waals surface area contributed by atoms with E-state index in [1.165, 1.54) is 43.1 Å². The summed E-state index contributed by atoms with van der Waals surface area (Å²) in [7, 11) is 1.70. The predicted octanol–water partition coefficient (Wildman–Crippen LogP) is 2.88. The third-order valence-corrected chi connectivity index (χ3v) is 5.50. The number of nitrogen functional groups attached to an aromatic ring is 1. The van der Waals surface area contributed by atoms with Crippen LogP contribution < -0.4 is 16.6 Å². The minimum absolute atomic E-state index is 0.0682. The van der Waals surface area contributed by atoms with E-state index in [1.54, 1.807) is 19.3 Å². The Morgan fingerprint density at radius 1 is 1.11 bits per heavy atom. The first kappa shape index (κ1) is 24.6. The average molecular weight is 498 g/mol. The molecular weight excluding hydrogens is 477 g/mol. The Bertz CT molecular complexity index is 1520. The van der Waals surface area contributed by atoms with Crippen LogP contribution in [0, 0.1) is 12.7 Å². The number of hydrogen-bond donors (Lipinski definition) is 2. The van der Waals surface area contributed by atoms with E-state index in [0.717, 1.165) is 10.7 Å². The topological polar surface area (TPSA) is 134 Å². The van der Waals surface area contributed by atoms with Crippen molar-refractivity contribution >= 4 is 11.6 Å². The van der Waals surface area contributed by atoms with E-state index in [1.807, 2.05) is 0 Å². The van der Waals surface area contributed by atoms with Crippen LogP contribution in [0.15, 0.2) is 47.7 Å². The lowest BCUT2D eigenvalue weighted by Crippen LogP contribution is -2.32. The monoisotopic (exact) mass is 498 g/mol. The van der Waals surface area contributed by atoms with Crippen molar-refractivity contribution in [1.82, 2.24) is 35.1 Å². The number of aryl methyl sites for hydroxylation is 2. The van der Waals surface area contributed by atoms with E-state index in [2.05, 4.69) is 25.7 Å². The van der Waals surface area contributed by atoms with Gasteiger partial charge in [-0.05, 0) is 38.1 Å². The first-order chi connectivity index (χ1) is 17.1. The molecule has 0 bridgehead atoms. The van der Waals surface area contributed by atoms with E-state index in [4.69, 9.17) is 5.73 Å². The van der Waals surface area contributed by atoms with Gasteiger partial charge in [-0.15, -0.1) is 5.10 Å². The van der Waals surface area contributed by atoms with Crippen molar-refractivity contribution in [3.05, 3.63) is 81.4 Å². The maximum atomic E-state index is 14.6. The molecule has 1 amide bonds. The number of nitrogens with zero attached hydrogens (tertiary/aromatic N) is 6. The van der Waals surface area contributed by atoms with Crippen molar-refractivity contribution < 1.29 is 18.0 Å². The summed E-state index contributed by atoms with van der Waals surface area (Å²) in [5.74, 6) is -1.91. The number of aromatic nitrogens is 6. The quantitative estimate of drug-likeness (QED) is 0.391. The third kappa shape index (κ3) is 4.67. The number of anilines is 1. The summed E-state index contributed by atoms with van der Waals surface area (Å²) in [5.41, 5.74) is 5.64. The predicted molar refractivity (Wildman–Crippen MR) is 124 cm³/mol. The van der Waals surface area contributed by atoms with Gasteiger partial charge in [0, 0.05) is 35.6 Å². The van der Waals surface area contributed by atoms with Gasteiger partial charge in [0.2, 0.25) is 0 Å². The highest BCUT2D eigenvalue weighted by molar-refractivity contribution is 5.92. The molecule has 1 aromatic carbocycles. The highest BCUT2D eigenvalue weighted by Crippen LogP contribution is 2.30. The first-order valence-electron chi connectivity index (χ1n) is 10.7. The lowest BCUT2D eigenvalue weighted by Gasteiger charge is -2.18. The van der Waals surface area contributed by atoms with Crippen molar-refractivity contribution in [2.45, 2.75) is 26.3 Å². The Hall–Kier alpha value is -4.55. The summed E-state index contributed by atoms with van der Waals surface area (Å²) < 4.78 is 43.5. The van der Waals surface area contributed by atoms with Crippen molar-refractivity contribution in [1.29, 1.82) is 0 Å². The van der Waals surface area contributed by atoms with Crippen LogP contribution >= 0.6 is 0 Å². The second kappa shape index (κ2) is 9.60. The molecule has 3 aromatic heterocycles. The molecule has 4 aromatic rings. The standard InChI is InChI=1S/C23H21F3N8O2/c1-11-4-18(22(35)30-12(2)16-6-14(27)7-17(20(16)24)21(25)26)31-34(23(11)36)15-5-13(8-28-9-15)19-10-29-32-33(19)3/h4-10,12,21H,27H2,1-3H3,(H,30,35)/t12-/m1/s1. The number of pyridine rings is 1. The molecule has 1 atom stereocenters. The number of halogens is 3. The van der Waals surface area contributed by atoms with Gasteiger partial charge in [-0.25, -0.2) is 17.9 Å². The molecule has 0 radical (unpaired) electrons. The Balaban J connectivity index is 1.68. The fourth-order valence-electron chi connectivity index (χ4n) is 3.65. The fraction of sp³-hybridized carbons (Fsp3) is 0.217. The number of rotatable bonds is 6. The molecular formula is C23H21F3N8O2. The molecule has 3 N–H and O–H groups in total. The molecule has 36 heavy (non-hydrogen) atoms. The van der Waals surface area contributed by atoms with Crippen LogP contribution in [0.1, 0.15) is 46.6 Å². The fourth-order valence-corrected chi connectivity index (χ4v) is 3.65. The number of hydrogen-bond acceptors (Lipinski definition) is 7. The van der Waals surface area contributed by atoms with E-state index in [-0.39, 0.29) is 28.2 Å². The van der Waals surface area contributed by atoms with Gasteiger partial charge in [0.1, 0.15) is 11.5 Å². The van der Waals surface area contributed by atoms with Gasteiger partial charge in [0.05, 0.1) is 35.4 Å². The minimum Gasteiger partial charge on any atom is -0.399 e. The van der Waals surface area contributed by atoms with Gasteiger partial charge in [0.25, 0.3) is 17.9 Å². The molecule has 0 aliphatic carbocycles. The van der Waals surface area contributed by atoms with Crippen LogP contribution in [-0.2, 0) is 7.05 Å². The van der Waals surface area contributed by atoms with Crippen molar-refractivity contribution in [2.24, 2.45) is 7.05 Å². The smallest absolute Gasteiger partial charge is 0.274 e. The second-order valence-corrected chi connectivity index (χ2v) is 8.11. The molecule has 0 saturated heterocycles. The van der Waals surface area contributed by atoms with E-state index >= 15 is 0 Å². The molecule has 13 heteroatoms. The number of carbonyl (C=O) groups excluding carboxylic acids is 1. The summed E-state index contributed by atoms with van der Waals surface area (Å²) in [6, 6.07) is 3.92. The lowest BCUT2D eigenvalue weighted by molar-refractivity contribution is 0.0932. The Kier molecular flexibility index (Phi) is 6.55. The number of nitrogens with one attached hydrogen (secondary N) is 1. The van der Waals surface area contributed by atoms with Crippen LogP contribution in [0.5, 0.6) is 0 Å². The minimum atomic E-state index is -3.07. The van der Waals surface area contributed by atoms with E-state index in [0.29, 0.717) is 11.3 Å². The third-order valence-electron chi connectivity index (χ3n) is 5.50. The lowest BCUT2D eigenvalue weighted by atomic mass is 10.0. The van der Waals surface area contributed by atoms with Crippen LogP contribution in [0.3, 0.4) is 0 Å². The van der Waals surface area contributed by atoms with E-state index in [9.17, 15) is 22.8 Å². The number of carbonyl (C=O) groups is 1. The molecule has 0 spiro atoms. The summed E-state index contributed by atoms with van der Waals surface area (Å²) in [6.45, 7) is 2.93. The van der Waals surface area contributed by atoms with Gasteiger partial charge < -0.3 is 11.1 Å². The molecule has 0 aliphatic rings. The molecule has 3 heterocycles. The SMILES string of the molecule is Cc1cc(C(=O)N[C@H](C)c2cc(N)cc(C(F)F)c2F)nn(-c2cncc(-c3cnnn3C)c2)c1=O. The normalized spacial score (nSPS) is 12.1.